The van der Waals surface area contributed by atoms with E-state index >= 15 is 0 Å². The Balaban J connectivity index is 2.03. The molecule has 1 N–H and O–H groups in total. The number of halogens is 2. The Labute approximate surface area is 117 Å². The fourth-order valence-corrected chi connectivity index (χ4v) is 2.70. The Morgan fingerprint density at radius 1 is 1.30 bits per heavy atom. The molecule has 1 amide bonds. The third-order valence-electron chi connectivity index (χ3n) is 3.75. The van der Waals surface area contributed by atoms with Crippen LogP contribution in [-0.4, -0.2) is 35.1 Å². The molecule has 0 bridgehead atoms. The van der Waals surface area contributed by atoms with E-state index in [1.54, 1.807) is 4.90 Å². The van der Waals surface area contributed by atoms with Gasteiger partial charge in [0.2, 0.25) is 5.91 Å². The van der Waals surface area contributed by atoms with Crippen molar-refractivity contribution in [2.75, 3.05) is 13.2 Å². The second kappa shape index (κ2) is 6.79. The SMILES string of the molecule is O=C(Cc1ccc(F)c(F)c1)N1CCCCC1CCO. The van der Waals surface area contributed by atoms with Crippen LogP contribution in [0.5, 0.6) is 0 Å². The quantitative estimate of drug-likeness (QED) is 0.921. The summed E-state index contributed by atoms with van der Waals surface area (Å²) in [6.07, 6.45) is 3.54. The molecule has 0 aromatic heterocycles. The van der Waals surface area contributed by atoms with Gasteiger partial charge in [0.1, 0.15) is 0 Å². The summed E-state index contributed by atoms with van der Waals surface area (Å²) in [5.74, 6) is -1.92. The van der Waals surface area contributed by atoms with Crippen molar-refractivity contribution in [3.05, 3.63) is 35.4 Å². The van der Waals surface area contributed by atoms with Crippen LogP contribution in [0.2, 0.25) is 0 Å². The Morgan fingerprint density at radius 3 is 2.80 bits per heavy atom. The van der Waals surface area contributed by atoms with Gasteiger partial charge in [-0.3, -0.25) is 4.79 Å². The largest absolute Gasteiger partial charge is 0.396 e. The number of carbonyl (C=O) groups is 1. The van der Waals surface area contributed by atoms with Gasteiger partial charge < -0.3 is 10.0 Å². The van der Waals surface area contributed by atoms with Gasteiger partial charge in [0.25, 0.3) is 0 Å². The molecule has 1 aromatic rings. The highest BCUT2D eigenvalue weighted by Crippen LogP contribution is 2.21. The van der Waals surface area contributed by atoms with Gasteiger partial charge in [-0.2, -0.15) is 0 Å². The zero-order chi connectivity index (χ0) is 14.5. The molecule has 1 aliphatic heterocycles. The molecule has 1 heterocycles. The Hall–Kier alpha value is -1.49. The van der Waals surface area contributed by atoms with Crippen molar-refractivity contribution in [2.24, 2.45) is 0 Å². The predicted molar refractivity (Wildman–Crippen MR) is 71.1 cm³/mol. The number of aliphatic hydroxyl groups excluding tert-OH is 1. The number of nitrogens with zero attached hydrogens (tertiary/aromatic N) is 1. The summed E-state index contributed by atoms with van der Waals surface area (Å²) >= 11 is 0. The molecule has 1 saturated heterocycles. The van der Waals surface area contributed by atoms with Gasteiger partial charge in [-0.15, -0.1) is 0 Å². The standard InChI is InChI=1S/C15H19F2NO2/c16-13-5-4-11(9-14(13)17)10-15(20)18-7-2-1-3-12(18)6-8-19/h4-5,9,12,19H,1-3,6-8,10H2. The molecule has 20 heavy (non-hydrogen) atoms. The van der Waals surface area contributed by atoms with E-state index in [0.29, 0.717) is 18.5 Å². The summed E-state index contributed by atoms with van der Waals surface area (Å²) in [5, 5.41) is 9.05. The maximum absolute atomic E-state index is 13.1. The number of piperidine rings is 1. The molecule has 0 spiro atoms. The normalized spacial score (nSPS) is 19.1. The number of hydrogen-bond donors (Lipinski definition) is 1. The first-order chi connectivity index (χ1) is 9.61. The molecule has 2 rings (SSSR count). The monoisotopic (exact) mass is 283 g/mol. The highest BCUT2D eigenvalue weighted by atomic mass is 19.2. The lowest BCUT2D eigenvalue weighted by molar-refractivity contribution is -0.134. The summed E-state index contributed by atoms with van der Waals surface area (Å²) in [6, 6.07) is 3.60. The van der Waals surface area contributed by atoms with E-state index in [2.05, 4.69) is 0 Å². The van der Waals surface area contributed by atoms with Crippen molar-refractivity contribution in [1.82, 2.24) is 4.90 Å². The smallest absolute Gasteiger partial charge is 0.227 e. The Morgan fingerprint density at radius 2 is 2.10 bits per heavy atom. The molecule has 1 atom stereocenters. The molecular formula is C15H19F2NO2. The summed E-state index contributed by atoms with van der Waals surface area (Å²) in [4.78, 5) is 14.0. The second-order valence-electron chi connectivity index (χ2n) is 5.17. The van der Waals surface area contributed by atoms with Crippen LogP contribution in [0.4, 0.5) is 8.78 Å². The second-order valence-corrected chi connectivity index (χ2v) is 5.17. The average molecular weight is 283 g/mol. The Bertz CT molecular complexity index is 477. The first-order valence-corrected chi connectivity index (χ1v) is 6.96. The molecule has 0 radical (unpaired) electrons. The number of likely N-dealkylation sites (tertiary alicyclic amines) is 1. The third kappa shape index (κ3) is 3.54. The lowest BCUT2D eigenvalue weighted by Gasteiger charge is -2.35. The highest BCUT2D eigenvalue weighted by Gasteiger charge is 2.26. The van der Waals surface area contributed by atoms with Crippen molar-refractivity contribution >= 4 is 5.91 Å². The first-order valence-electron chi connectivity index (χ1n) is 6.96. The van der Waals surface area contributed by atoms with Gasteiger partial charge in [0, 0.05) is 19.2 Å². The number of amides is 1. The Kier molecular flexibility index (Phi) is 5.06. The topological polar surface area (TPSA) is 40.5 Å². The minimum Gasteiger partial charge on any atom is -0.396 e. The number of aliphatic hydroxyl groups is 1. The molecule has 5 heteroatoms. The van der Waals surface area contributed by atoms with E-state index < -0.39 is 11.6 Å². The fourth-order valence-electron chi connectivity index (χ4n) is 2.70. The van der Waals surface area contributed by atoms with Crippen molar-refractivity contribution in [3.63, 3.8) is 0 Å². The van der Waals surface area contributed by atoms with E-state index in [9.17, 15) is 13.6 Å². The predicted octanol–water partition coefficient (Wildman–Crippen LogP) is 2.27. The highest BCUT2D eigenvalue weighted by molar-refractivity contribution is 5.79. The van der Waals surface area contributed by atoms with E-state index in [-0.39, 0.29) is 25.0 Å². The van der Waals surface area contributed by atoms with Crippen molar-refractivity contribution < 1.29 is 18.7 Å². The van der Waals surface area contributed by atoms with Crippen LogP contribution in [0.25, 0.3) is 0 Å². The minimum absolute atomic E-state index is 0.0552. The van der Waals surface area contributed by atoms with Crippen LogP contribution < -0.4 is 0 Å². The lowest BCUT2D eigenvalue weighted by atomic mass is 9.98. The van der Waals surface area contributed by atoms with Crippen LogP contribution in [0.15, 0.2) is 18.2 Å². The van der Waals surface area contributed by atoms with Crippen molar-refractivity contribution in [1.29, 1.82) is 0 Å². The van der Waals surface area contributed by atoms with E-state index in [1.165, 1.54) is 6.07 Å². The average Bonchev–Trinajstić information content (AvgIpc) is 2.44. The molecule has 0 saturated carbocycles. The molecule has 110 valence electrons. The summed E-state index contributed by atoms with van der Waals surface area (Å²) < 4.78 is 26.0. The fraction of sp³-hybridized carbons (Fsp3) is 0.533. The molecule has 1 unspecified atom stereocenters. The summed E-state index contributed by atoms with van der Waals surface area (Å²) in [6.45, 7) is 0.729. The van der Waals surface area contributed by atoms with Gasteiger partial charge >= 0.3 is 0 Å². The molecule has 1 fully saturated rings. The molecule has 3 nitrogen and oxygen atoms in total. The summed E-state index contributed by atoms with van der Waals surface area (Å²) in [7, 11) is 0. The summed E-state index contributed by atoms with van der Waals surface area (Å²) in [5.41, 5.74) is 0.474. The van der Waals surface area contributed by atoms with Crippen LogP contribution in [0.1, 0.15) is 31.2 Å². The molecular weight excluding hydrogens is 264 g/mol. The van der Waals surface area contributed by atoms with Crippen molar-refractivity contribution in [3.8, 4) is 0 Å². The molecule has 1 aliphatic rings. The zero-order valence-corrected chi connectivity index (χ0v) is 11.3. The zero-order valence-electron chi connectivity index (χ0n) is 11.3. The van der Waals surface area contributed by atoms with Crippen LogP contribution in [-0.2, 0) is 11.2 Å². The van der Waals surface area contributed by atoms with E-state index in [0.717, 1.165) is 31.4 Å². The number of rotatable bonds is 4. The van der Waals surface area contributed by atoms with E-state index in [1.807, 2.05) is 0 Å². The van der Waals surface area contributed by atoms with Crippen molar-refractivity contribution in [2.45, 2.75) is 38.1 Å². The van der Waals surface area contributed by atoms with Gasteiger partial charge in [-0.1, -0.05) is 6.07 Å². The third-order valence-corrected chi connectivity index (χ3v) is 3.75. The minimum atomic E-state index is -0.930. The number of benzene rings is 1. The van der Waals surface area contributed by atoms with Gasteiger partial charge in [-0.25, -0.2) is 8.78 Å². The lowest BCUT2D eigenvalue weighted by Crippen LogP contribution is -2.44. The van der Waals surface area contributed by atoms with E-state index in [4.69, 9.17) is 5.11 Å². The maximum atomic E-state index is 13.1. The molecule has 1 aromatic carbocycles. The van der Waals surface area contributed by atoms with Gasteiger partial charge in [-0.05, 0) is 43.4 Å². The first kappa shape index (κ1) is 14.9. The van der Waals surface area contributed by atoms with Gasteiger partial charge in [0.15, 0.2) is 11.6 Å². The number of hydrogen-bond acceptors (Lipinski definition) is 2. The van der Waals surface area contributed by atoms with Crippen LogP contribution >= 0.6 is 0 Å². The maximum Gasteiger partial charge on any atom is 0.227 e. The number of carbonyl (C=O) groups excluding carboxylic acids is 1. The van der Waals surface area contributed by atoms with Gasteiger partial charge in [0.05, 0.1) is 6.42 Å². The van der Waals surface area contributed by atoms with Crippen LogP contribution in [0, 0.1) is 11.6 Å². The molecule has 0 aliphatic carbocycles. The van der Waals surface area contributed by atoms with Crippen LogP contribution in [0.3, 0.4) is 0 Å².